The number of halogens is 2. The second kappa shape index (κ2) is 15.0. The number of benzene rings is 2. The number of amides is 1. The third-order valence-electron chi connectivity index (χ3n) is 6.77. The van der Waals surface area contributed by atoms with Crippen LogP contribution in [-0.2, 0) is 24.1 Å². The van der Waals surface area contributed by atoms with Crippen molar-refractivity contribution in [2.24, 2.45) is 0 Å². The molecule has 2 aromatic heterocycles. The van der Waals surface area contributed by atoms with Gasteiger partial charge >= 0.3 is 0 Å². The van der Waals surface area contributed by atoms with Gasteiger partial charge in [0.15, 0.2) is 0 Å². The fourth-order valence-corrected chi connectivity index (χ4v) is 5.09. The Morgan fingerprint density at radius 2 is 1.64 bits per heavy atom. The quantitative estimate of drug-likeness (QED) is 0.147. The number of aryl methyl sites for hydroxylation is 3. The lowest BCUT2D eigenvalue weighted by Gasteiger charge is -2.09. The van der Waals surface area contributed by atoms with Gasteiger partial charge in [0.1, 0.15) is 0 Å². The number of anilines is 1. The first kappa shape index (κ1) is 29.1. The molecule has 39 heavy (non-hydrogen) atoms. The van der Waals surface area contributed by atoms with E-state index in [0.29, 0.717) is 21.3 Å². The number of nitrogens with one attached hydrogen (secondary N) is 1. The highest BCUT2D eigenvalue weighted by Gasteiger charge is 2.15. The second-order valence-corrected chi connectivity index (χ2v) is 10.5. The van der Waals surface area contributed by atoms with Gasteiger partial charge in [0.05, 0.1) is 26.9 Å². The van der Waals surface area contributed by atoms with Crippen LogP contribution in [0.4, 0.5) is 5.69 Å². The largest absolute Gasteiger partial charge is 0.381 e. The molecule has 6 nitrogen and oxygen atoms in total. The van der Waals surface area contributed by atoms with Crippen LogP contribution in [0.3, 0.4) is 0 Å². The van der Waals surface area contributed by atoms with Crippen LogP contribution in [0.2, 0.25) is 10.0 Å². The molecule has 0 spiro atoms. The molecule has 0 saturated carbocycles. The molecule has 8 heteroatoms. The Labute approximate surface area is 240 Å². The summed E-state index contributed by atoms with van der Waals surface area (Å²) in [5.74, 6) is -0.280. The van der Waals surface area contributed by atoms with E-state index in [4.69, 9.17) is 33.0 Å². The van der Waals surface area contributed by atoms with E-state index < -0.39 is 0 Å². The maximum Gasteiger partial charge on any atom is 0.255 e. The number of hydrogen-bond acceptors (Lipinski definition) is 4. The second-order valence-electron chi connectivity index (χ2n) is 9.66. The number of rotatable bonds is 15. The summed E-state index contributed by atoms with van der Waals surface area (Å²) in [6, 6.07) is 16.3. The molecule has 0 bridgehead atoms. The molecule has 206 valence electrons. The van der Waals surface area contributed by atoms with Crippen LogP contribution in [-0.4, -0.2) is 33.9 Å². The average Bonchev–Trinajstić information content (AvgIpc) is 3.31. The summed E-state index contributed by atoms with van der Waals surface area (Å²) in [7, 11) is 0. The molecule has 4 rings (SSSR count). The number of hydrogen-bond donors (Lipinski definition) is 1. The number of aromatic nitrogens is 3. The van der Waals surface area contributed by atoms with Gasteiger partial charge in [-0.2, -0.15) is 5.10 Å². The van der Waals surface area contributed by atoms with Crippen molar-refractivity contribution in [2.45, 2.75) is 64.8 Å². The fraction of sp³-hybridized carbons (Fsp3) is 0.387. The van der Waals surface area contributed by atoms with E-state index in [2.05, 4.69) is 47.6 Å². The molecule has 0 fully saturated rings. The molecule has 0 aliphatic carbocycles. The zero-order valence-electron chi connectivity index (χ0n) is 22.5. The number of carbonyl (C=O) groups excluding carboxylic acids is 1. The standard InChI is InChI=1S/C31H36Cl2N4O2/c1-2-28-25-16-15-24(31(38)35-30-26(32)21-34-22-27(30)33)20-29(25)37(36-28)17-9-3-4-10-18-39-19-11-8-14-23-12-6-5-7-13-23/h5-7,12-13,15-16,20-22H,2-4,8-11,14,17-19H2,1H3,(H,34,35,38). The van der Waals surface area contributed by atoms with Crippen molar-refractivity contribution in [1.29, 1.82) is 0 Å². The number of nitrogens with zero attached hydrogens (tertiary/aromatic N) is 3. The van der Waals surface area contributed by atoms with Gasteiger partial charge in [0.2, 0.25) is 0 Å². The maximum absolute atomic E-state index is 13.0. The topological polar surface area (TPSA) is 69.0 Å². The SMILES string of the molecule is CCc1nn(CCCCCCOCCCCc2ccccc2)c2cc(C(=O)Nc3c(Cl)cncc3Cl)ccc12. The first-order valence-corrected chi connectivity index (χ1v) is 14.5. The molecule has 0 atom stereocenters. The van der Waals surface area contributed by atoms with Gasteiger partial charge in [0, 0.05) is 43.1 Å². The van der Waals surface area contributed by atoms with Gasteiger partial charge in [-0.15, -0.1) is 0 Å². The van der Waals surface area contributed by atoms with Crippen molar-refractivity contribution in [3.63, 3.8) is 0 Å². The molecule has 0 unspecified atom stereocenters. The monoisotopic (exact) mass is 566 g/mol. The van der Waals surface area contributed by atoms with E-state index >= 15 is 0 Å². The van der Waals surface area contributed by atoms with Crippen LogP contribution in [0.5, 0.6) is 0 Å². The Bertz CT molecular complexity index is 1340. The minimum atomic E-state index is -0.280. The summed E-state index contributed by atoms with van der Waals surface area (Å²) >= 11 is 12.3. The Hall–Kier alpha value is -2.93. The zero-order valence-corrected chi connectivity index (χ0v) is 24.0. The highest BCUT2D eigenvalue weighted by atomic mass is 35.5. The minimum absolute atomic E-state index is 0.280. The normalized spacial score (nSPS) is 11.3. The number of ether oxygens (including phenoxy) is 1. The Kier molecular flexibility index (Phi) is 11.2. The fourth-order valence-electron chi connectivity index (χ4n) is 4.63. The Balaban J connectivity index is 1.21. The summed E-state index contributed by atoms with van der Waals surface area (Å²) in [6.07, 6.45) is 11.5. The predicted molar refractivity (Wildman–Crippen MR) is 160 cm³/mol. The highest BCUT2D eigenvalue weighted by Crippen LogP contribution is 2.29. The van der Waals surface area contributed by atoms with Gasteiger partial charge in [0.25, 0.3) is 5.91 Å². The third-order valence-corrected chi connectivity index (χ3v) is 7.35. The van der Waals surface area contributed by atoms with Crippen molar-refractivity contribution in [3.05, 3.63) is 87.8 Å². The Morgan fingerprint density at radius 1 is 0.923 bits per heavy atom. The summed E-state index contributed by atoms with van der Waals surface area (Å²) in [5, 5.41) is 9.31. The van der Waals surface area contributed by atoms with Crippen LogP contribution in [0.25, 0.3) is 10.9 Å². The number of fused-ring (bicyclic) bond motifs is 1. The number of carbonyl (C=O) groups is 1. The molecule has 2 heterocycles. The zero-order chi connectivity index (χ0) is 27.5. The van der Waals surface area contributed by atoms with E-state index in [1.165, 1.54) is 18.0 Å². The molecule has 1 N–H and O–H groups in total. The number of pyridine rings is 1. The van der Waals surface area contributed by atoms with Crippen LogP contribution in [0.1, 0.15) is 67.1 Å². The van der Waals surface area contributed by atoms with Gasteiger partial charge in [-0.25, -0.2) is 0 Å². The van der Waals surface area contributed by atoms with Crippen molar-refractivity contribution >= 4 is 45.7 Å². The molecule has 0 saturated heterocycles. The molecule has 0 radical (unpaired) electrons. The van der Waals surface area contributed by atoms with Crippen LogP contribution < -0.4 is 5.32 Å². The van der Waals surface area contributed by atoms with Crippen molar-refractivity contribution < 1.29 is 9.53 Å². The third kappa shape index (κ3) is 8.28. The molecule has 1 amide bonds. The molecule has 4 aromatic rings. The average molecular weight is 568 g/mol. The van der Waals surface area contributed by atoms with Gasteiger partial charge < -0.3 is 10.1 Å². The number of unbranched alkanes of at least 4 members (excludes halogenated alkanes) is 4. The highest BCUT2D eigenvalue weighted by molar-refractivity contribution is 6.39. The smallest absolute Gasteiger partial charge is 0.255 e. The lowest BCUT2D eigenvalue weighted by atomic mass is 10.1. The van der Waals surface area contributed by atoms with Crippen LogP contribution >= 0.6 is 23.2 Å². The van der Waals surface area contributed by atoms with E-state index in [1.54, 1.807) is 0 Å². The van der Waals surface area contributed by atoms with Gasteiger partial charge in [-0.05, 0) is 56.2 Å². The lowest BCUT2D eigenvalue weighted by molar-refractivity contribution is 0.102. The van der Waals surface area contributed by atoms with Crippen molar-refractivity contribution in [3.8, 4) is 0 Å². The molecular formula is C31H36Cl2N4O2. The minimum Gasteiger partial charge on any atom is -0.381 e. The molecule has 0 aliphatic heterocycles. The van der Waals surface area contributed by atoms with Crippen molar-refractivity contribution in [2.75, 3.05) is 18.5 Å². The van der Waals surface area contributed by atoms with Gasteiger partial charge in [-0.3, -0.25) is 14.5 Å². The van der Waals surface area contributed by atoms with Gasteiger partial charge in [-0.1, -0.05) is 79.4 Å². The first-order valence-electron chi connectivity index (χ1n) is 13.8. The summed E-state index contributed by atoms with van der Waals surface area (Å²) < 4.78 is 7.86. The predicted octanol–water partition coefficient (Wildman–Crippen LogP) is 8.15. The maximum atomic E-state index is 13.0. The lowest BCUT2D eigenvalue weighted by Crippen LogP contribution is -2.13. The molecule has 2 aromatic carbocycles. The van der Waals surface area contributed by atoms with Crippen LogP contribution in [0.15, 0.2) is 60.9 Å². The molecule has 0 aliphatic rings. The summed E-state index contributed by atoms with van der Waals surface area (Å²) in [6.45, 7) is 4.56. The van der Waals surface area contributed by atoms with E-state index in [0.717, 1.165) is 87.7 Å². The Morgan fingerprint density at radius 3 is 2.38 bits per heavy atom. The first-order chi connectivity index (χ1) is 19.1. The van der Waals surface area contributed by atoms with Crippen molar-refractivity contribution in [1.82, 2.24) is 14.8 Å². The summed E-state index contributed by atoms with van der Waals surface area (Å²) in [5.41, 5.74) is 4.28. The van der Waals surface area contributed by atoms with E-state index in [1.807, 2.05) is 22.9 Å². The van der Waals surface area contributed by atoms with Crippen LogP contribution in [0, 0.1) is 0 Å². The molecular weight excluding hydrogens is 531 g/mol. The summed E-state index contributed by atoms with van der Waals surface area (Å²) in [4.78, 5) is 16.9. The van der Waals surface area contributed by atoms with E-state index in [-0.39, 0.29) is 5.91 Å². The van der Waals surface area contributed by atoms with E-state index in [9.17, 15) is 4.79 Å².